The number of allylic oxidation sites excluding steroid dienone is 1. The van der Waals surface area contributed by atoms with E-state index in [0.29, 0.717) is 27.6 Å². The molecule has 2 amide bonds. The molecule has 0 saturated carbocycles. The number of esters is 1. The fraction of sp³-hybridized carbons (Fsp3) is 0.235. The monoisotopic (exact) mass is 360 g/mol. The van der Waals surface area contributed by atoms with Crippen LogP contribution in [0.2, 0.25) is 5.02 Å². The molecule has 0 fully saturated rings. The van der Waals surface area contributed by atoms with Crippen molar-refractivity contribution in [3.63, 3.8) is 0 Å². The minimum absolute atomic E-state index is 0.242. The summed E-state index contributed by atoms with van der Waals surface area (Å²) in [7, 11) is 0. The third-order valence-corrected chi connectivity index (χ3v) is 4.13. The average Bonchev–Trinajstić information content (AvgIpc) is 3.04. The molecule has 1 aliphatic heterocycles. The highest BCUT2D eigenvalue weighted by atomic mass is 35.5. The normalized spacial score (nSPS) is 17.1. The molecule has 0 radical (unpaired) electrons. The van der Waals surface area contributed by atoms with Crippen LogP contribution in [0.3, 0.4) is 0 Å². The molecule has 0 aliphatic carbocycles. The zero-order chi connectivity index (χ0) is 18.0. The molecule has 1 aromatic carbocycles. The lowest BCUT2D eigenvalue weighted by Gasteiger charge is -2.27. The molecule has 2 aromatic rings. The second kappa shape index (κ2) is 6.98. The Kier molecular flexibility index (Phi) is 4.76. The van der Waals surface area contributed by atoms with Crippen molar-refractivity contribution in [1.29, 1.82) is 0 Å². The molecule has 1 atom stereocenters. The fourth-order valence-electron chi connectivity index (χ4n) is 2.77. The lowest BCUT2D eigenvalue weighted by Crippen LogP contribution is -2.45. The van der Waals surface area contributed by atoms with E-state index in [1.54, 1.807) is 32.2 Å². The van der Waals surface area contributed by atoms with Crippen LogP contribution in [0.5, 0.6) is 0 Å². The van der Waals surface area contributed by atoms with E-state index in [-0.39, 0.29) is 12.6 Å². The van der Waals surface area contributed by atoms with Crippen LogP contribution in [0.25, 0.3) is 11.3 Å². The van der Waals surface area contributed by atoms with Gasteiger partial charge in [0.05, 0.1) is 30.1 Å². The zero-order valence-corrected chi connectivity index (χ0v) is 14.5. The Hall–Kier alpha value is -2.80. The molecule has 1 aliphatic rings. The van der Waals surface area contributed by atoms with Crippen LogP contribution < -0.4 is 10.6 Å². The lowest BCUT2D eigenvalue weighted by molar-refractivity contribution is -0.139. The van der Waals surface area contributed by atoms with E-state index in [4.69, 9.17) is 16.3 Å². The number of nitrogens with one attached hydrogen (secondary N) is 3. The first-order valence-electron chi connectivity index (χ1n) is 7.76. The van der Waals surface area contributed by atoms with Gasteiger partial charge in [-0.05, 0) is 31.5 Å². The first-order valence-corrected chi connectivity index (χ1v) is 8.13. The summed E-state index contributed by atoms with van der Waals surface area (Å²) in [5.74, 6) is -0.485. The molecule has 25 heavy (non-hydrogen) atoms. The predicted molar refractivity (Wildman–Crippen MR) is 92.8 cm³/mol. The number of nitrogens with zero attached hydrogens (tertiary/aromatic N) is 1. The number of ether oxygens (including phenoxy) is 1. The summed E-state index contributed by atoms with van der Waals surface area (Å²) in [4.78, 5) is 24.3. The molecule has 2 heterocycles. The number of halogens is 1. The molecule has 3 rings (SSSR count). The van der Waals surface area contributed by atoms with Gasteiger partial charge < -0.3 is 15.4 Å². The lowest BCUT2D eigenvalue weighted by atomic mass is 9.94. The van der Waals surface area contributed by atoms with Crippen molar-refractivity contribution in [1.82, 2.24) is 20.8 Å². The zero-order valence-electron chi connectivity index (χ0n) is 13.7. The fourth-order valence-corrected chi connectivity index (χ4v) is 2.89. The van der Waals surface area contributed by atoms with Gasteiger partial charge in [0, 0.05) is 16.3 Å². The van der Waals surface area contributed by atoms with E-state index in [1.807, 2.05) is 12.1 Å². The quantitative estimate of drug-likeness (QED) is 0.730. The van der Waals surface area contributed by atoms with Crippen molar-refractivity contribution in [2.24, 2.45) is 0 Å². The topological polar surface area (TPSA) is 96.1 Å². The summed E-state index contributed by atoms with van der Waals surface area (Å²) >= 11 is 5.94. The Morgan fingerprint density at radius 1 is 1.32 bits per heavy atom. The van der Waals surface area contributed by atoms with Crippen LogP contribution in [-0.4, -0.2) is 28.8 Å². The largest absolute Gasteiger partial charge is 0.463 e. The van der Waals surface area contributed by atoms with Gasteiger partial charge in [0.1, 0.15) is 0 Å². The van der Waals surface area contributed by atoms with Crippen molar-refractivity contribution < 1.29 is 14.3 Å². The molecule has 3 N–H and O–H groups in total. The van der Waals surface area contributed by atoms with Gasteiger partial charge in [0.15, 0.2) is 0 Å². The molecule has 7 nitrogen and oxygen atoms in total. The molecule has 0 spiro atoms. The van der Waals surface area contributed by atoms with Crippen LogP contribution in [0.4, 0.5) is 4.79 Å². The molecular weight excluding hydrogens is 344 g/mol. The van der Waals surface area contributed by atoms with E-state index in [2.05, 4.69) is 20.8 Å². The van der Waals surface area contributed by atoms with Crippen LogP contribution in [0.1, 0.15) is 25.5 Å². The number of benzene rings is 1. The minimum Gasteiger partial charge on any atom is -0.463 e. The maximum atomic E-state index is 12.4. The molecule has 0 saturated heterocycles. The van der Waals surface area contributed by atoms with Crippen LogP contribution in [-0.2, 0) is 9.53 Å². The third kappa shape index (κ3) is 3.36. The Balaban J connectivity index is 2.06. The standard InChI is InChI=1S/C17H17ClN4O3/c1-3-25-16(23)13-9(2)20-17(24)21-15(13)12-8-19-22-14(12)10-4-6-11(18)7-5-10/h4-8,15H,3H2,1-2H3,(H,19,22)(H2,20,21,24)/t15-/m0/s1. The highest BCUT2D eigenvalue weighted by Gasteiger charge is 2.34. The number of H-pyrrole nitrogens is 1. The summed E-state index contributed by atoms with van der Waals surface area (Å²) in [6.45, 7) is 3.64. The van der Waals surface area contributed by atoms with Gasteiger partial charge in [-0.2, -0.15) is 5.10 Å². The number of amides is 2. The van der Waals surface area contributed by atoms with Gasteiger partial charge in [-0.15, -0.1) is 0 Å². The maximum Gasteiger partial charge on any atom is 0.338 e. The van der Waals surface area contributed by atoms with Gasteiger partial charge in [0.25, 0.3) is 0 Å². The van der Waals surface area contributed by atoms with Crippen molar-refractivity contribution in [2.45, 2.75) is 19.9 Å². The number of aromatic amines is 1. The highest BCUT2D eigenvalue weighted by molar-refractivity contribution is 6.30. The van der Waals surface area contributed by atoms with Gasteiger partial charge >= 0.3 is 12.0 Å². The maximum absolute atomic E-state index is 12.4. The first-order chi connectivity index (χ1) is 12.0. The van der Waals surface area contributed by atoms with E-state index in [1.165, 1.54) is 0 Å². The summed E-state index contributed by atoms with van der Waals surface area (Å²) < 4.78 is 5.14. The van der Waals surface area contributed by atoms with E-state index in [9.17, 15) is 9.59 Å². The summed E-state index contributed by atoms with van der Waals surface area (Å²) in [6.07, 6.45) is 1.59. The molecule has 8 heteroatoms. The first kappa shape index (κ1) is 17.0. The van der Waals surface area contributed by atoms with Gasteiger partial charge in [-0.25, -0.2) is 9.59 Å². The van der Waals surface area contributed by atoms with E-state index < -0.39 is 12.0 Å². The number of urea groups is 1. The van der Waals surface area contributed by atoms with Gasteiger partial charge in [0.2, 0.25) is 0 Å². The Labute approximate surface area is 149 Å². The number of hydrogen-bond donors (Lipinski definition) is 3. The van der Waals surface area contributed by atoms with Gasteiger partial charge in [-0.3, -0.25) is 5.10 Å². The van der Waals surface area contributed by atoms with Crippen molar-refractivity contribution in [3.8, 4) is 11.3 Å². The second-order valence-electron chi connectivity index (χ2n) is 5.50. The summed E-state index contributed by atoms with van der Waals surface area (Å²) in [5, 5.41) is 13.0. The molecule has 130 valence electrons. The van der Waals surface area contributed by atoms with Crippen LogP contribution in [0.15, 0.2) is 41.7 Å². The number of rotatable bonds is 4. The molecule has 0 bridgehead atoms. The molecular formula is C17H17ClN4O3. The Morgan fingerprint density at radius 2 is 2.04 bits per heavy atom. The van der Waals surface area contributed by atoms with Crippen LogP contribution >= 0.6 is 11.6 Å². The van der Waals surface area contributed by atoms with Crippen molar-refractivity contribution in [2.75, 3.05) is 6.61 Å². The Morgan fingerprint density at radius 3 is 2.72 bits per heavy atom. The van der Waals surface area contributed by atoms with E-state index in [0.717, 1.165) is 5.56 Å². The Bertz CT molecular complexity index is 842. The number of carbonyl (C=O) groups excluding carboxylic acids is 2. The highest BCUT2D eigenvalue weighted by Crippen LogP contribution is 2.33. The van der Waals surface area contributed by atoms with Gasteiger partial charge in [-0.1, -0.05) is 23.7 Å². The summed E-state index contributed by atoms with van der Waals surface area (Å²) in [5.41, 5.74) is 3.00. The molecule has 1 aromatic heterocycles. The smallest absolute Gasteiger partial charge is 0.338 e. The van der Waals surface area contributed by atoms with E-state index >= 15 is 0 Å². The SMILES string of the molecule is CCOC(=O)C1=C(C)NC(=O)N[C@H]1c1cn[nH]c1-c1ccc(Cl)cc1. The van der Waals surface area contributed by atoms with Crippen molar-refractivity contribution >= 4 is 23.6 Å². The van der Waals surface area contributed by atoms with Crippen LogP contribution in [0, 0.1) is 0 Å². The predicted octanol–water partition coefficient (Wildman–Crippen LogP) is 2.92. The second-order valence-corrected chi connectivity index (χ2v) is 5.93. The number of aromatic nitrogens is 2. The summed E-state index contributed by atoms with van der Waals surface area (Å²) in [6, 6.07) is 6.13. The minimum atomic E-state index is -0.669. The molecule has 0 unspecified atom stereocenters. The third-order valence-electron chi connectivity index (χ3n) is 3.88. The van der Waals surface area contributed by atoms with Crippen molar-refractivity contribution in [3.05, 3.63) is 52.3 Å². The number of carbonyl (C=O) groups is 2. The number of hydrogen-bond acceptors (Lipinski definition) is 4. The average molecular weight is 361 g/mol.